The lowest BCUT2D eigenvalue weighted by molar-refractivity contribution is 0.102. The van der Waals surface area contributed by atoms with Gasteiger partial charge in [-0.2, -0.15) is 0 Å². The number of aromatic nitrogens is 3. The Balaban J connectivity index is 1.09. The Labute approximate surface area is 228 Å². The minimum atomic E-state index is -0.139. The summed E-state index contributed by atoms with van der Waals surface area (Å²) in [5.74, 6) is 5.95. The van der Waals surface area contributed by atoms with Crippen molar-refractivity contribution in [2.75, 3.05) is 38.6 Å². The fourth-order valence-electron chi connectivity index (χ4n) is 4.35. The Morgan fingerprint density at radius 2 is 1.46 bits per heavy atom. The number of methoxy groups -OCH3 is 1. The van der Waals surface area contributed by atoms with Crippen LogP contribution in [0.1, 0.15) is 32.6 Å². The van der Waals surface area contributed by atoms with Gasteiger partial charge in [0, 0.05) is 80.9 Å². The van der Waals surface area contributed by atoms with E-state index in [0.29, 0.717) is 22.8 Å². The van der Waals surface area contributed by atoms with Gasteiger partial charge in [0.1, 0.15) is 0 Å². The first kappa shape index (κ1) is 26.0. The summed E-state index contributed by atoms with van der Waals surface area (Å²) in [6.07, 6.45) is 6.98. The topological polar surface area (TPSA) is 83.5 Å². The molecule has 196 valence electrons. The molecule has 8 nitrogen and oxygen atoms in total. The van der Waals surface area contributed by atoms with Crippen LogP contribution in [0.2, 0.25) is 0 Å². The normalized spacial score (nSPS) is 13.8. The lowest BCUT2D eigenvalue weighted by Gasteiger charge is -2.34. The smallest absolute Gasteiger partial charge is 0.316 e. The van der Waals surface area contributed by atoms with E-state index in [1.807, 2.05) is 67.0 Å². The molecule has 0 atom stereocenters. The lowest BCUT2D eigenvalue weighted by atomic mass is 10.1. The quantitative estimate of drug-likeness (QED) is 0.372. The molecule has 1 amide bonds. The summed E-state index contributed by atoms with van der Waals surface area (Å²) in [7, 11) is 1.52. The van der Waals surface area contributed by atoms with Gasteiger partial charge in [-0.25, -0.2) is 9.97 Å². The molecule has 8 heteroatoms. The van der Waals surface area contributed by atoms with E-state index in [-0.39, 0.29) is 5.91 Å². The molecular formula is C31H30N6O2. The molecule has 0 spiro atoms. The number of hydrogen-bond acceptors (Lipinski definition) is 7. The predicted octanol–water partition coefficient (Wildman–Crippen LogP) is 3.85. The fourth-order valence-corrected chi connectivity index (χ4v) is 4.35. The zero-order valence-corrected chi connectivity index (χ0v) is 21.9. The van der Waals surface area contributed by atoms with Crippen molar-refractivity contribution in [3.63, 3.8) is 0 Å². The molecule has 1 N–H and O–H groups in total. The first-order chi connectivity index (χ1) is 19.1. The van der Waals surface area contributed by atoms with Crippen LogP contribution in [-0.2, 0) is 13.1 Å². The highest BCUT2D eigenvalue weighted by molar-refractivity contribution is 6.04. The van der Waals surface area contributed by atoms with Crippen molar-refractivity contribution in [2.24, 2.45) is 0 Å². The van der Waals surface area contributed by atoms with E-state index in [0.717, 1.165) is 44.8 Å². The van der Waals surface area contributed by atoms with Gasteiger partial charge < -0.3 is 10.1 Å². The molecule has 5 rings (SSSR count). The molecule has 2 aromatic carbocycles. The first-order valence-corrected chi connectivity index (χ1v) is 12.9. The van der Waals surface area contributed by atoms with Crippen molar-refractivity contribution in [1.29, 1.82) is 0 Å². The highest BCUT2D eigenvalue weighted by Crippen LogP contribution is 2.15. The van der Waals surface area contributed by atoms with Gasteiger partial charge in [-0.05, 0) is 53.6 Å². The second kappa shape index (κ2) is 12.8. The first-order valence-electron chi connectivity index (χ1n) is 12.9. The van der Waals surface area contributed by atoms with Crippen LogP contribution < -0.4 is 10.1 Å². The standard InChI is InChI=1S/C31H30N6O2/c1-39-31-33-20-26(21-34-31)5-4-24-8-12-29(13-9-24)35-30(38)28-10-6-25(7-11-28)22-36-15-17-37(18-16-36)23-27-3-2-14-32-19-27/h2-3,6-14,19-21H,15-18,22-23H2,1H3,(H,35,38). The Hall–Kier alpha value is -4.58. The number of rotatable bonds is 7. The summed E-state index contributed by atoms with van der Waals surface area (Å²) in [6.45, 7) is 5.95. The van der Waals surface area contributed by atoms with Crippen LogP contribution in [-0.4, -0.2) is 63.9 Å². The molecule has 0 bridgehead atoms. The SMILES string of the molecule is COc1ncc(C#Cc2ccc(NC(=O)c3ccc(CN4CCN(Cc5cccnc5)CC4)cc3)cc2)cn1. The van der Waals surface area contributed by atoms with E-state index in [1.165, 1.54) is 18.2 Å². The number of pyridine rings is 1. The average molecular weight is 519 g/mol. The maximum atomic E-state index is 12.8. The summed E-state index contributed by atoms with van der Waals surface area (Å²) in [5.41, 5.74) is 5.32. The number of benzene rings is 2. The second-order valence-corrected chi connectivity index (χ2v) is 9.35. The molecular weight excluding hydrogens is 488 g/mol. The highest BCUT2D eigenvalue weighted by atomic mass is 16.5. The van der Waals surface area contributed by atoms with E-state index >= 15 is 0 Å². The number of amides is 1. The number of nitrogens with zero attached hydrogens (tertiary/aromatic N) is 5. The van der Waals surface area contributed by atoms with E-state index in [9.17, 15) is 4.79 Å². The second-order valence-electron chi connectivity index (χ2n) is 9.35. The molecule has 1 saturated heterocycles. The zero-order chi connectivity index (χ0) is 26.9. The van der Waals surface area contributed by atoms with Crippen LogP contribution in [0.25, 0.3) is 0 Å². The number of carbonyl (C=O) groups is 1. The highest BCUT2D eigenvalue weighted by Gasteiger charge is 2.17. The van der Waals surface area contributed by atoms with Gasteiger partial charge in [-0.3, -0.25) is 19.6 Å². The Morgan fingerprint density at radius 3 is 2.08 bits per heavy atom. The number of anilines is 1. The number of ether oxygens (including phenoxy) is 1. The average Bonchev–Trinajstić information content (AvgIpc) is 2.99. The molecule has 1 fully saturated rings. The fraction of sp³-hybridized carbons (Fsp3) is 0.226. The molecule has 0 saturated carbocycles. The molecule has 0 unspecified atom stereocenters. The molecule has 1 aliphatic heterocycles. The third kappa shape index (κ3) is 7.48. The molecule has 1 aliphatic rings. The summed E-state index contributed by atoms with van der Waals surface area (Å²) >= 11 is 0. The van der Waals surface area contributed by atoms with Crippen LogP contribution in [0.4, 0.5) is 5.69 Å². The van der Waals surface area contributed by atoms with Gasteiger partial charge in [-0.1, -0.05) is 30.0 Å². The monoisotopic (exact) mass is 518 g/mol. The van der Waals surface area contributed by atoms with Crippen LogP contribution in [0.3, 0.4) is 0 Å². The largest absolute Gasteiger partial charge is 0.467 e. The minimum absolute atomic E-state index is 0.139. The number of hydrogen-bond donors (Lipinski definition) is 1. The third-order valence-corrected chi connectivity index (χ3v) is 6.52. The van der Waals surface area contributed by atoms with Gasteiger partial charge >= 0.3 is 6.01 Å². The van der Waals surface area contributed by atoms with Crippen molar-refractivity contribution in [1.82, 2.24) is 24.8 Å². The molecule has 2 aromatic heterocycles. The van der Waals surface area contributed by atoms with Crippen molar-refractivity contribution >= 4 is 11.6 Å². The van der Waals surface area contributed by atoms with E-state index in [1.54, 1.807) is 12.4 Å². The summed E-state index contributed by atoms with van der Waals surface area (Å²) in [6, 6.07) is 19.7. The predicted molar refractivity (Wildman–Crippen MR) is 150 cm³/mol. The van der Waals surface area contributed by atoms with Crippen molar-refractivity contribution in [3.05, 3.63) is 113 Å². The number of piperazine rings is 1. The van der Waals surface area contributed by atoms with E-state index < -0.39 is 0 Å². The third-order valence-electron chi connectivity index (χ3n) is 6.52. The molecule has 39 heavy (non-hydrogen) atoms. The van der Waals surface area contributed by atoms with Crippen LogP contribution in [0.5, 0.6) is 6.01 Å². The summed E-state index contributed by atoms with van der Waals surface area (Å²) in [4.78, 5) is 30.0. The van der Waals surface area contributed by atoms with Crippen molar-refractivity contribution in [2.45, 2.75) is 13.1 Å². The molecule has 0 aliphatic carbocycles. The Bertz CT molecular complexity index is 1420. The lowest BCUT2D eigenvalue weighted by Crippen LogP contribution is -2.45. The van der Waals surface area contributed by atoms with E-state index in [4.69, 9.17) is 4.74 Å². The molecule has 0 radical (unpaired) electrons. The Kier molecular flexibility index (Phi) is 8.54. The maximum Gasteiger partial charge on any atom is 0.316 e. The van der Waals surface area contributed by atoms with Crippen LogP contribution >= 0.6 is 0 Å². The van der Waals surface area contributed by atoms with Crippen LogP contribution in [0.15, 0.2) is 85.5 Å². The molecule has 4 aromatic rings. The van der Waals surface area contributed by atoms with Gasteiger partial charge in [0.05, 0.1) is 12.7 Å². The molecule has 3 heterocycles. The van der Waals surface area contributed by atoms with Gasteiger partial charge in [0.15, 0.2) is 0 Å². The minimum Gasteiger partial charge on any atom is -0.467 e. The Morgan fingerprint density at radius 1 is 0.821 bits per heavy atom. The van der Waals surface area contributed by atoms with Gasteiger partial charge in [-0.15, -0.1) is 0 Å². The van der Waals surface area contributed by atoms with Crippen LogP contribution in [0, 0.1) is 11.8 Å². The van der Waals surface area contributed by atoms with Crippen molar-refractivity contribution in [3.8, 4) is 17.9 Å². The van der Waals surface area contributed by atoms with E-state index in [2.05, 4.69) is 48.0 Å². The van der Waals surface area contributed by atoms with Gasteiger partial charge in [0.2, 0.25) is 0 Å². The summed E-state index contributed by atoms with van der Waals surface area (Å²) in [5, 5.41) is 2.96. The number of nitrogens with one attached hydrogen (secondary N) is 1. The zero-order valence-electron chi connectivity index (χ0n) is 21.9. The number of carbonyl (C=O) groups excluding carboxylic acids is 1. The van der Waals surface area contributed by atoms with Gasteiger partial charge in [0.25, 0.3) is 5.91 Å². The summed E-state index contributed by atoms with van der Waals surface area (Å²) < 4.78 is 4.95. The maximum absolute atomic E-state index is 12.8. The van der Waals surface area contributed by atoms with Crippen molar-refractivity contribution < 1.29 is 9.53 Å².